The molecule has 0 unspecified atom stereocenters. The summed E-state index contributed by atoms with van der Waals surface area (Å²) in [6.07, 6.45) is 8.46. The van der Waals surface area contributed by atoms with Gasteiger partial charge in [0.25, 0.3) is 5.91 Å². The normalized spacial score (nSPS) is 23.7. The van der Waals surface area contributed by atoms with Crippen LogP contribution in [-0.2, 0) is 4.74 Å². The molecule has 1 N–H and O–H groups in total. The van der Waals surface area contributed by atoms with Gasteiger partial charge in [0.15, 0.2) is 0 Å². The number of H-pyrrole nitrogens is 1. The summed E-state index contributed by atoms with van der Waals surface area (Å²) < 4.78 is 6.18. The Morgan fingerprint density at radius 3 is 2.59 bits per heavy atom. The number of nitrogens with one attached hydrogen (secondary N) is 1. The number of hydrogen-bond acceptors (Lipinski definition) is 3. The second kappa shape index (κ2) is 8.11. The molecule has 5 heteroatoms. The van der Waals surface area contributed by atoms with Gasteiger partial charge in [-0.25, -0.2) is 0 Å². The summed E-state index contributed by atoms with van der Waals surface area (Å²) in [6, 6.07) is 10.1. The number of carbonyl (C=O) groups excluding carboxylic acids is 1. The summed E-state index contributed by atoms with van der Waals surface area (Å²) in [5.74, 6) is 0.858. The number of carbonyl (C=O) groups is 1. The van der Waals surface area contributed by atoms with E-state index in [9.17, 15) is 4.79 Å². The van der Waals surface area contributed by atoms with E-state index in [4.69, 9.17) is 4.74 Å². The van der Waals surface area contributed by atoms with Crippen LogP contribution in [0, 0.1) is 5.92 Å². The third-order valence-corrected chi connectivity index (χ3v) is 7.38. The Bertz CT molecular complexity index is 804. The fourth-order valence-electron chi connectivity index (χ4n) is 5.49. The predicted molar refractivity (Wildman–Crippen MR) is 115 cm³/mol. The number of fused-ring (bicyclic) bond motifs is 1. The van der Waals surface area contributed by atoms with E-state index < -0.39 is 0 Å². The molecular formula is C24H33N3O2. The van der Waals surface area contributed by atoms with E-state index in [0.717, 1.165) is 49.1 Å². The van der Waals surface area contributed by atoms with E-state index in [1.54, 1.807) is 0 Å². The lowest BCUT2D eigenvalue weighted by molar-refractivity contribution is -0.112. The molecule has 3 fully saturated rings. The molecule has 3 aliphatic heterocycles. The van der Waals surface area contributed by atoms with E-state index in [1.165, 1.54) is 51.7 Å². The second-order valence-electron chi connectivity index (χ2n) is 9.30. The fraction of sp³-hybridized carbons (Fsp3) is 0.625. The molecule has 1 aromatic heterocycles. The second-order valence-corrected chi connectivity index (χ2v) is 9.30. The first kappa shape index (κ1) is 19.1. The fourth-order valence-corrected chi connectivity index (χ4v) is 5.49. The zero-order chi connectivity index (χ0) is 19.7. The number of nitrogens with zero attached hydrogens (tertiary/aromatic N) is 2. The van der Waals surface area contributed by atoms with E-state index in [2.05, 4.69) is 16.0 Å². The Kier molecular flexibility index (Phi) is 5.35. The minimum atomic E-state index is 0.147. The van der Waals surface area contributed by atoms with Gasteiger partial charge in [0.05, 0.1) is 5.60 Å². The lowest BCUT2D eigenvalue weighted by Gasteiger charge is -2.45. The van der Waals surface area contributed by atoms with Crippen LogP contribution in [0.3, 0.4) is 0 Å². The van der Waals surface area contributed by atoms with E-state index in [1.807, 2.05) is 29.2 Å². The summed E-state index contributed by atoms with van der Waals surface area (Å²) in [5.41, 5.74) is 1.96. The monoisotopic (exact) mass is 395 g/mol. The highest BCUT2D eigenvalue weighted by Crippen LogP contribution is 2.35. The minimum absolute atomic E-state index is 0.147. The summed E-state index contributed by atoms with van der Waals surface area (Å²) in [4.78, 5) is 20.9. The topological polar surface area (TPSA) is 48.6 Å². The SMILES string of the molecule is O=C(c1cc2ccccc2[nH]1)N1CCC(CN2CCC3(CCCCO3)CC2)CC1. The zero-order valence-corrected chi connectivity index (χ0v) is 17.4. The number of aromatic nitrogens is 1. The maximum Gasteiger partial charge on any atom is 0.270 e. The highest BCUT2D eigenvalue weighted by Gasteiger charge is 2.37. The molecule has 0 atom stereocenters. The van der Waals surface area contributed by atoms with Gasteiger partial charge >= 0.3 is 0 Å². The third-order valence-electron chi connectivity index (χ3n) is 7.38. The summed E-state index contributed by atoms with van der Waals surface area (Å²) in [5, 5.41) is 1.11. The Labute approximate surface area is 173 Å². The van der Waals surface area contributed by atoms with Crippen LogP contribution in [0.1, 0.15) is 55.4 Å². The van der Waals surface area contributed by atoms with Crippen molar-refractivity contribution in [3.8, 4) is 0 Å². The van der Waals surface area contributed by atoms with Gasteiger partial charge in [-0.15, -0.1) is 0 Å². The van der Waals surface area contributed by atoms with Crippen LogP contribution in [0.5, 0.6) is 0 Å². The van der Waals surface area contributed by atoms with Crippen molar-refractivity contribution < 1.29 is 9.53 Å². The van der Waals surface area contributed by atoms with Gasteiger partial charge < -0.3 is 19.5 Å². The van der Waals surface area contributed by atoms with Gasteiger partial charge in [-0.1, -0.05) is 18.2 Å². The smallest absolute Gasteiger partial charge is 0.270 e. The van der Waals surface area contributed by atoms with Crippen LogP contribution in [0.25, 0.3) is 10.9 Å². The quantitative estimate of drug-likeness (QED) is 0.853. The van der Waals surface area contributed by atoms with Gasteiger partial charge in [-0.05, 0) is 63.0 Å². The Morgan fingerprint density at radius 2 is 1.86 bits per heavy atom. The molecule has 4 heterocycles. The van der Waals surface area contributed by atoms with E-state index >= 15 is 0 Å². The lowest BCUT2D eigenvalue weighted by atomic mass is 9.84. The number of ether oxygens (including phenoxy) is 1. The number of amides is 1. The summed E-state index contributed by atoms with van der Waals surface area (Å²) >= 11 is 0. The largest absolute Gasteiger partial charge is 0.375 e. The van der Waals surface area contributed by atoms with Gasteiger partial charge in [0, 0.05) is 50.2 Å². The maximum absolute atomic E-state index is 12.9. The van der Waals surface area contributed by atoms with Gasteiger partial charge in [-0.3, -0.25) is 4.79 Å². The van der Waals surface area contributed by atoms with Crippen LogP contribution in [0.15, 0.2) is 30.3 Å². The number of rotatable bonds is 3. The molecule has 2 aromatic rings. The predicted octanol–water partition coefficient (Wildman–Crippen LogP) is 4.06. The highest BCUT2D eigenvalue weighted by atomic mass is 16.5. The first-order valence-electron chi connectivity index (χ1n) is 11.4. The average molecular weight is 396 g/mol. The molecule has 3 saturated heterocycles. The van der Waals surface area contributed by atoms with Crippen molar-refractivity contribution in [1.82, 2.24) is 14.8 Å². The van der Waals surface area contributed by atoms with Gasteiger partial charge in [0.1, 0.15) is 5.69 Å². The van der Waals surface area contributed by atoms with E-state index in [-0.39, 0.29) is 11.5 Å². The van der Waals surface area contributed by atoms with Gasteiger partial charge in [-0.2, -0.15) is 0 Å². The Morgan fingerprint density at radius 1 is 1.07 bits per heavy atom. The molecule has 5 nitrogen and oxygen atoms in total. The number of likely N-dealkylation sites (tertiary alicyclic amines) is 2. The van der Waals surface area contributed by atoms with Crippen molar-refractivity contribution in [1.29, 1.82) is 0 Å². The van der Waals surface area contributed by atoms with Crippen LogP contribution >= 0.6 is 0 Å². The number of piperidine rings is 2. The molecule has 0 saturated carbocycles. The van der Waals surface area contributed by atoms with Gasteiger partial charge in [0.2, 0.25) is 0 Å². The molecular weight excluding hydrogens is 362 g/mol. The molecule has 1 amide bonds. The van der Waals surface area contributed by atoms with Crippen molar-refractivity contribution in [3.05, 3.63) is 36.0 Å². The summed E-state index contributed by atoms with van der Waals surface area (Å²) in [7, 11) is 0. The van der Waals surface area contributed by atoms with Crippen molar-refractivity contribution >= 4 is 16.8 Å². The summed E-state index contributed by atoms with van der Waals surface area (Å²) in [6.45, 7) is 6.25. The molecule has 0 aliphatic carbocycles. The van der Waals surface area contributed by atoms with Crippen molar-refractivity contribution in [3.63, 3.8) is 0 Å². The Balaban J connectivity index is 1.11. The molecule has 1 aromatic carbocycles. The number of hydrogen-bond donors (Lipinski definition) is 1. The molecule has 0 bridgehead atoms. The molecule has 5 rings (SSSR count). The number of benzene rings is 1. The lowest BCUT2D eigenvalue weighted by Crippen LogP contribution is -2.49. The molecule has 156 valence electrons. The minimum Gasteiger partial charge on any atom is -0.375 e. The first-order chi connectivity index (χ1) is 14.2. The Hall–Kier alpha value is -1.85. The van der Waals surface area contributed by atoms with Crippen LogP contribution in [0.2, 0.25) is 0 Å². The van der Waals surface area contributed by atoms with Crippen LogP contribution in [-0.4, -0.2) is 65.6 Å². The number of para-hydroxylation sites is 1. The average Bonchev–Trinajstić information content (AvgIpc) is 3.21. The highest BCUT2D eigenvalue weighted by molar-refractivity contribution is 5.98. The van der Waals surface area contributed by atoms with E-state index in [0.29, 0.717) is 5.92 Å². The molecule has 0 radical (unpaired) electrons. The van der Waals surface area contributed by atoms with Crippen molar-refractivity contribution in [2.75, 3.05) is 39.3 Å². The first-order valence-corrected chi connectivity index (χ1v) is 11.4. The van der Waals surface area contributed by atoms with Crippen molar-refractivity contribution in [2.45, 2.75) is 50.5 Å². The standard InChI is InChI=1S/C24H33N3O2/c28-23(22-17-20-5-1-2-6-21(20)25-22)27-12-7-19(8-13-27)18-26-14-10-24(11-15-26)9-3-4-16-29-24/h1-2,5-6,17,19,25H,3-4,7-16,18H2. The third kappa shape index (κ3) is 4.08. The molecule has 29 heavy (non-hydrogen) atoms. The maximum atomic E-state index is 12.9. The number of aromatic amines is 1. The van der Waals surface area contributed by atoms with Crippen LogP contribution < -0.4 is 0 Å². The molecule has 1 spiro atoms. The molecule has 3 aliphatic rings. The van der Waals surface area contributed by atoms with Crippen molar-refractivity contribution in [2.24, 2.45) is 5.92 Å². The zero-order valence-electron chi connectivity index (χ0n) is 17.4. The van der Waals surface area contributed by atoms with Crippen LogP contribution in [0.4, 0.5) is 0 Å².